The molecule has 0 bridgehead atoms. The van der Waals surface area contributed by atoms with Crippen LogP contribution >= 0.6 is 23.2 Å². The van der Waals surface area contributed by atoms with Crippen molar-refractivity contribution in [1.29, 1.82) is 0 Å². The first kappa shape index (κ1) is 27.5. The van der Waals surface area contributed by atoms with Gasteiger partial charge in [-0.3, -0.25) is 0 Å². The lowest BCUT2D eigenvalue weighted by atomic mass is 9.99. The fourth-order valence-corrected chi connectivity index (χ4v) is 5.26. The number of imidazole rings is 1. The molecule has 5 rings (SSSR count). The summed E-state index contributed by atoms with van der Waals surface area (Å²) in [5.41, 5.74) is 2.34. The van der Waals surface area contributed by atoms with Crippen LogP contribution in [0.25, 0.3) is 22.6 Å². The summed E-state index contributed by atoms with van der Waals surface area (Å²) in [6.45, 7) is 3.55. The van der Waals surface area contributed by atoms with Gasteiger partial charge in [0.05, 0.1) is 28.4 Å². The standard InChI is InChI=1S/C27H28Cl2F2N6O2/c1-38-7-8-39-18-10-19(28)24(20(29)11-18)26-35-23-14-34-27(33-13-16-4-5-21(30)22(31)9-16)36-25(23)37(26)15-17-3-2-6-32-12-17/h4-5,9-11,14,17,32H,2-3,6-8,12-13,15H2,1H3,(H,33,34,36)/t17-/m1/s1. The third-order valence-electron chi connectivity index (χ3n) is 6.56. The summed E-state index contributed by atoms with van der Waals surface area (Å²) >= 11 is 13.5. The van der Waals surface area contributed by atoms with E-state index in [0.717, 1.165) is 38.1 Å². The van der Waals surface area contributed by atoms with Gasteiger partial charge in [0, 0.05) is 20.2 Å². The molecule has 0 spiro atoms. The Balaban J connectivity index is 1.50. The van der Waals surface area contributed by atoms with E-state index in [2.05, 4.69) is 15.6 Å². The number of nitrogens with zero attached hydrogens (tertiary/aromatic N) is 4. The smallest absolute Gasteiger partial charge is 0.225 e. The minimum atomic E-state index is -0.904. The largest absolute Gasteiger partial charge is 0.491 e. The topological polar surface area (TPSA) is 86.1 Å². The Hall–Kier alpha value is -3.05. The molecule has 1 aliphatic rings. The first-order valence-electron chi connectivity index (χ1n) is 12.7. The number of hydrogen-bond acceptors (Lipinski definition) is 7. The van der Waals surface area contributed by atoms with E-state index in [1.807, 2.05) is 4.57 Å². The summed E-state index contributed by atoms with van der Waals surface area (Å²) in [6.07, 6.45) is 3.77. The molecule has 2 aromatic heterocycles. The molecule has 1 atom stereocenters. The van der Waals surface area contributed by atoms with Crippen LogP contribution in [0.2, 0.25) is 10.0 Å². The highest BCUT2D eigenvalue weighted by atomic mass is 35.5. The van der Waals surface area contributed by atoms with Crippen molar-refractivity contribution in [2.24, 2.45) is 5.92 Å². The van der Waals surface area contributed by atoms with E-state index in [-0.39, 0.29) is 6.54 Å². The van der Waals surface area contributed by atoms with Crippen LogP contribution in [0.5, 0.6) is 5.75 Å². The molecule has 1 saturated heterocycles. The Morgan fingerprint density at radius 2 is 1.92 bits per heavy atom. The van der Waals surface area contributed by atoms with Crippen LogP contribution in [0, 0.1) is 17.6 Å². The van der Waals surface area contributed by atoms with Gasteiger partial charge < -0.3 is 24.7 Å². The lowest BCUT2D eigenvalue weighted by Gasteiger charge is -2.24. The summed E-state index contributed by atoms with van der Waals surface area (Å²) < 4.78 is 39.7. The lowest BCUT2D eigenvalue weighted by Crippen LogP contribution is -2.32. The molecule has 0 saturated carbocycles. The molecule has 1 fully saturated rings. The lowest BCUT2D eigenvalue weighted by molar-refractivity contribution is 0.146. The van der Waals surface area contributed by atoms with Gasteiger partial charge in [-0.25, -0.2) is 18.7 Å². The number of hydrogen-bond donors (Lipinski definition) is 2. The molecule has 4 aromatic rings. The maximum absolute atomic E-state index is 13.6. The molecule has 0 aliphatic carbocycles. The fourth-order valence-electron chi connectivity index (χ4n) is 4.63. The number of piperidine rings is 1. The predicted octanol–water partition coefficient (Wildman–Crippen LogP) is 5.72. The second-order valence-corrected chi connectivity index (χ2v) is 10.2. The quantitative estimate of drug-likeness (QED) is 0.234. The van der Waals surface area contributed by atoms with Gasteiger partial charge in [-0.05, 0) is 61.7 Å². The van der Waals surface area contributed by atoms with Gasteiger partial charge >= 0.3 is 0 Å². The van der Waals surface area contributed by atoms with Crippen LogP contribution in [-0.2, 0) is 17.8 Å². The van der Waals surface area contributed by atoms with Gasteiger partial charge in [-0.15, -0.1) is 0 Å². The fraction of sp³-hybridized carbons (Fsp3) is 0.370. The number of aromatic nitrogens is 4. The van der Waals surface area contributed by atoms with E-state index >= 15 is 0 Å². The monoisotopic (exact) mass is 576 g/mol. The van der Waals surface area contributed by atoms with Crippen molar-refractivity contribution in [3.63, 3.8) is 0 Å². The number of nitrogens with one attached hydrogen (secondary N) is 2. The Morgan fingerprint density at radius 3 is 2.64 bits per heavy atom. The third-order valence-corrected chi connectivity index (χ3v) is 7.15. The average molecular weight is 577 g/mol. The second-order valence-electron chi connectivity index (χ2n) is 9.37. The molecule has 2 aromatic carbocycles. The summed E-state index contributed by atoms with van der Waals surface area (Å²) in [5.74, 6) is 0.0169. The second kappa shape index (κ2) is 12.4. The molecule has 0 radical (unpaired) electrons. The van der Waals surface area contributed by atoms with Crippen molar-refractivity contribution in [1.82, 2.24) is 24.8 Å². The number of halogens is 4. The highest BCUT2D eigenvalue weighted by Gasteiger charge is 2.24. The molecule has 8 nitrogen and oxygen atoms in total. The van der Waals surface area contributed by atoms with Gasteiger partial charge in [0.2, 0.25) is 5.95 Å². The van der Waals surface area contributed by atoms with Crippen LogP contribution in [-0.4, -0.2) is 52.9 Å². The Morgan fingerprint density at radius 1 is 1.10 bits per heavy atom. The predicted molar refractivity (Wildman–Crippen MR) is 147 cm³/mol. The highest BCUT2D eigenvalue weighted by Crippen LogP contribution is 2.39. The minimum absolute atomic E-state index is 0.221. The van der Waals surface area contributed by atoms with Crippen LogP contribution < -0.4 is 15.4 Å². The van der Waals surface area contributed by atoms with Crippen LogP contribution in [0.15, 0.2) is 36.5 Å². The maximum atomic E-state index is 13.6. The van der Waals surface area contributed by atoms with E-state index in [1.165, 1.54) is 6.07 Å². The average Bonchev–Trinajstić information content (AvgIpc) is 3.26. The van der Waals surface area contributed by atoms with Crippen LogP contribution in [0.1, 0.15) is 18.4 Å². The summed E-state index contributed by atoms with van der Waals surface area (Å²) in [5, 5.41) is 7.34. The van der Waals surface area contributed by atoms with Crippen molar-refractivity contribution in [3.05, 3.63) is 63.8 Å². The van der Waals surface area contributed by atoms with Gasteiger partial charge in [0.15, 0.2) is 17.3 Å². The maximum Gasteiger partial charge on any atom is 0.225 e. The van der Waals surface area contributed by atoms with Crippen molar-refractivity contribution >= 4 is 40.3 Å². The summed E-state index contributed by atoms with van der Waals surface area (Å²) in [6, 6.07) is 7.17. The Kier molecular flexibility index (Phi) is 8.76. The Bertz CT molecular complexity index is 1440. The van der Waals surface area contributed by atoms with Crippen LogP contribution in [0.3, 0.4) is 0 Å². The molecule has 12 heteroatoms. The molecular weight excluding hydrogens is 549 g/mol. The summed E-state index contributed by atoms with van der Waals surface area (Å²) in [4.78, 5) is 13.9. The van der Waals surface area contributed by atoms with Crippen molar-refractivity contribution in [2.45, 2.75) is 25.9 Å². The van der Waals surface area contributed by atoms with E-state index in [1.54, 1.807) is 25.4 Å². The first-order chi connectivity index (χ1) is 18.9. The number of rotatable bonds is 10. The highest BCUT2D eigenvalue weighted by molar-refractivity contribution is 6.39. The molecule has 1 aliphatic heterocycles. The van der Waals surface area contributed by atoms with E-state index in [4.69, 9.17) is 42.6 Å². The zero-order valence-electron chi connectivity index (χ0n) is 21.3. The SMILES string of the molecule is COCCOc1cc(Cl)c(-c2nc3cnc(NCc4ccc(F)c(F)c4)nc3n2C[C@@H]2CCCNC2)c(Cl)c1. The molecular formula is C27H28Cl2F2N6O2. The first-order valence-corrected chi connectivity index (χ1v) is 13.4. The zero-order chi connectivity index (χ0) is 27.4. The van der Waals surface area contributed by atoms with E-state index in [0.29, 0.717) is 75.5 Å². The van der Waals surface area contributed by atoms with Gasteiger partial charge in [0.25, 0.3) is 0 Å². The van der Waals surface area contributed by atoms with Crippen LogP contribution in [0.4, 0.5) is 14.7 Å². The third kappa shape index (κ3) is 6.41. The normalized spacial score (nSPS) is 15.6. The molecule has 206 valence electrons. The van der Waals surface area contributed by atoms with Gasteiger partial charge in [-0.2, -0.15) is 4.98 Å². The van der Waals surface area contributed by atoms with Crippen molar-refractivity contribution in [3.8, 4) is 17.1 Å². The molecule has 0 amide bonds. The van der Waals surface area contributed by atoms with Crippen molar-refractivity contribution < 1.29 is 18.3 Å². The van der Waals surface area contributed by atoms with Gasteiger partial charge in [-0.1, -0.05) is 29.3 Å². The minimum Gasteiger partial charge on any atom is -0.491 e. The number of fused-ring (bicyclic) bond motifs is 1. The summed E-state index contributed by atoms with van der Waals surface area (Å²) in [7, 11) is 1.60. The Labute approximate surface area is 234 Å². The number of benzene rings is 2. The molecule has 39 heavy (non-hydrogen) atoms. The number of methoxy groups -OCH3 is 1. The zero-order valence-corrected chi connectivity index (χ0v) is 22.8. The number of anilines is 1. The molecule has 0 unspecified atom stereocenters. The molecule has 3 heterocycles. The van der Waals surface area contributed by atoms with Crippen molar-refractivity contribution in [2.75, 3.05) is 38.7 Å². The van der Waals surface area contributed by atoms with E-state index in [9.17, 15) is 8.78 Å². The molecule has 2 N–H and O–H groups in total. The van der Waals surface area contributed by atoms with E-state index < -0.39 is 11.6 Å². The van der Waals surface area contributed by atoms with Gasteiger partial charge in [0.1, 0.15) is 23.7 Å². The number of ether oxygens (including phenoxy) is 2.